The van der Waals surface area contributed by atoms with Crippen molar-refractivity contribution in [1.29, 1.82) is 0 Å². The molecule has 2 saturated carbocycles. The molecule has 0 aromatic carbocycles. The van der Waals surface area contributed by atoms with Gasteiger partial charge in [-0.3, -0.25) is 0 Å². The highest BCUT2D eigenvalue weighted by Gasteiger charge is 2.23. The molecule has 0 radical (unpaired) electrons. The molecular weight excluding hydrogens is 180 g/mol. The fourth-order valence-electron chi connectivity index (χ4n) is 3.81. The van der Waals surface area contributed by atoms with Crippen LogP contribution in [0.15, 0.2) is 0 Å². The van der Waals surface area contributed by atoms with Gasteiger partial charge in [0, 0.05) is 0 Å². The van der Waals surface area contributed by atoms with Crippen molar-refractivity contribution >= 4 is 0 Å². The first kappa shape index (κ1) is 11.5. The summed E-state index contributed by atoms with van der Waals surface area (Å²) in [6.07, 6.45) is 16.8. The number of hydrogen-bond donors (Lipinski definition) is 0. The third kappa shape index (κ3) is 3.50. The van der Waals surface area contributed by atoms with Gasteiger partial charge in [-0.2, -0.15) is 0 Å². The van der Waals surface area contributed by atoms with Crippen molar-refractivity contribution in [3.8, 4) is 0 Å². The maximum atomic E-state index is 2.37. The molecule has 0 amide bonds. The van der Waals surface area contributed by atoms with E-state index in [4.69, 9.17) is 0 Å². The summed E-state index contributed by atoms with van der Waals surface area (Å²) in [5.74, 6) is 3.31. The molecule has 0 heterocycles. The Morgan fingerprint density at radius 1 is 0.800 bits per heavy atom. The van der Waals surface area contributed by atoms with E-state index in [9.17, 15) is 0 Å². The van der Waals surface area contributed by atoms with E-state index in [2.05, 4.69) is 6.92 Å². The summed E-state index contributed by atoms with van der Waals surface area (Å²) in [7, 11) is 0. The first-order valence-electron chi connectivity index (χ1n) is 7.38. The van der Waals surface area contributed by atoms with Crippen LogP contribution in [-0.2, 0) is 0 Å². The standard InChI is InChI=1S/C15H28/c1-2-13-10-11-15(12-13)9-5-8-14-6-3-4-7-14/h13-15H,2-12H2,1H3. The predicted octanol–water partition coefficient (Wildman–Crippen LogP) is 5.17. The van der Waals surface area contributed by atoms with Gasteiger partial charge in [0.1, 0.15) is 0 Å². The lowest BCUT2D eigenvalue weighted by Gasteiger charge is -2.12. The SMILES string of the molecule is CCC1CCC(CCCC2CCCC2)C1. The van der Waals surface area contributed by atoms with Crippen LogP contribution in [0.1, 0.15) is 77.6 Å². The Bertz CT molecular complexity index is 167. The zero-order chi connectivity index (χ0) is 10.5. The second-order valence-corrected chi connectivity index (χ2v) is 6.03. The van der Waals surface area contributed by atoms with Gasteiger partial charge in [-0.15, -0.1) is 0 Å². The van der Waals surface area contributed by atoms with Crippen LogP contribution in [0, 0.1) is 17.8 Å². The van der Waals surface area contributed by atoms with Crippen molar-refractivity contribution in [3.63, 3.8) is 0 Å². The molecule has 2 unspecified atom stereocenters. The highest BCUT2D eigenvalue weighted by atomic mass is 14.3. The Morgan fingerprint density at radius 3 is 2.13 bits per heavy atom. The summed E-state index contributed by atoms with van der Waals surface area (Å²) in [5, 5.41) is 0. The van der Waals surface area contributed by atoms with Gasteiger partial charge >= 0.3 is 0 Å². The van der Waals surface area contributed by atoms with Crippen molar-refractivity contribution in [1.82, 2.24) is 0 Å². The lowest BCUT2D eigenvalue weighted by atomic mass is 9.94. The van der Waals surface area contributed by atoms with Crippen LogP contribution in [0.25, 0.3) is 0 Å². The van der Waals surface area contributed by atoms with Crippen LogP contribution in [-0.4, -0.2) is 0 Å². The molecule has 0 bridgehead atoms. The molecule has 0 aromatic heterocycles. The van der Waals surface area contributed by atoms with Gasteiger partial charge in [-0.25, -0.2) is 0 Å². The van der Waals surface area contributed by atoms with Crippen LogP contribution >= 0.6 is 0 Å². The third-order valence-corrected chi connectivity index (χ3v) is 4.93. The summed E-state index contributed by atoms with van der Waals surface area (Å²) in [6, 6.07) is 0. The van der Waals surface area contributed by atoms with E-state index in [-0.39, 0.29) is 0 Å². The largest absolute Gasteiger partial charge is 0.0651 e. The molecule has 0 nitrogen and oxygen atoms in total. The van der Waals surface area contributed by atoms with Gasteiger partial charge in [-0.05, 0) is 24.2 Å². The van der Waals surface area contributed by atoms with Gasteiger partial charge in [-0.1, -0.05) is 71.1 Å². The second-order valence-electron chi connectivity index (χ2n) is 6.03. The second kappa shape index (κ2) is 5.92. The topological polar surface area (TPSA) is 0 Å². The molecular formula is C15H28. The fourth-order valence-corrected chi connectivity index (χ4v) is 3.81. The Kier molecular flexibility index (Phi) is 4.53. The number of rotatable bonds is 5. The molecule has 88 valence electrons. The monoisotopic (exact) mass is 208 g/mol. The zero-order valence-corrected chi connectivity index (χ0v) is 10.5. The Morgan fingerprint density at radius 2 is 1.47 bits per heavy atom. The molecule has 2 aliphatic rings. The van der Waals surface area contributed by atoms with Crippen molar-refractivity contribution in [2.45, 2.75) is 77.6 Å². The van der Waals surface area contributed by atoms with Gasteiger partial charge in [0.2, 0.25) is 0 Å². The summed E-state index contributed by atoms with van der Waals surface area (Å²) in [5.41, 5.74) is 0. The summed E-state index contributed by atoms with van der Waals surface area (Å²) < 4.78 is 0. The highest BCUT2D eigenvalue weighted by Crippen LogP contribution is 2.37. The summed E-state index contributed by atoms with van der Waals surface area (Å²) in [6.45, 7) is 2.37. The molecule has 0 saturated heterocycles. The lowest BCUT2D eigenvalue weighted by Crippen LogP contribution is -1.99. The average molecular weight is 208 g/mol. The molecule has 0 aromatic rings. The van der Waals surface area contributed by atoms with Crippen LogP contribution in [0.4, 0.5) is 0 Å². The zero-order valence-electron chi connectivity index (χ0n) is 10.5. The fraction of sp³-hybridized carbons (Fsp3) is 1.00. The maximum absolute atomic E-state index is 2.37. The predicted molar refractivity (Wildman–Crippen MR) is 66.9 cm³/mol. The van der Waals surface area contributed by atoms with E-state index in [1.54, 1.807) is 38.5 Å². The van der Waals surface area contributed by atoms with Gasteiger partial charge < -0.3 is 0 Å². The Hall–Kier alpha value is 0. The van der Waals surface area contributed by atoms with E-state index in [0.29, 0.717) is 0 Å². The summed E-state index contributed by atoms with van der Waals surface area (Å²) in [4.78, 5) is 0. The van der Waals surface area contributed by atoms with Crippen molar-refractivity contribution in [2.75, 3.05) is 0 Å². The minimum atomic E-state index is 1.08. The van der Waals surface area contributed by atoms with Crippen LogP contribution in [0.3, 0.4) is 0 Å². The quantitative estimate of drug-likeness (QED) is 0.584. The summed E-state index contributed by atoms with van der Waals surface area (Å²) >= 11 is 0. The van der Waals surface area contributed by atoms with E-state index >= 15 is 0 Å². The van der Waals surface area contributed by atoms with Crippen molar-refractivity contribution in [3.05, 3.63) is 0 Å². The molecule has 2 atom stereocenters. The van der Waals surface area contributed by atoms with E-state index in [1.165, 1.54) is 32.1 Å². The highest BCUT2D eigenvalue weighted by molar-refractivity contribution is 4.75. The molecule has 15 heavy (non-hydrogen) atoms. The van der Waals surface area contributed by atoms with Crippen molar-refractivity contribution < 1.29 is 0 Å². The van der Waals surface area contributed by atoms with Crippen LogP contribution < -0.4 is 0 Å². The normalized spacial score (nSPS) is 32.6. The first-order chi connectivity index (χ1) is 7.38. The Labute approximate surface area is 95.8 Å². The van der Waals surface area contributed by atoms with E-state index in [1.807, 2.05) is 0 Å². The van der Waals surface area contributed by atoms with E-state index < -0.39 is 0 Å². The van der Waals surface area contributed by atoms with Gasteiger partial charge in [0.25, 0.3) is 0 Å². The molecule has 0 spiro atoms. The van der Waals surface area contributed by atoms with Crippen LogP contribution in [0.2, 0.25) is 0 Å². The number of hydrogen-bond acceptors (Lipinski definition) is 0. The molecule has 2 fully saturated rings. The average Bonchev–Trinajstić information content (AvgIpc) is 2.88. The third-order valence-electron chi connectivity index (χ3n) is 4.93. The molecule has 2 aliphatic carbocycles. The minimum absolute atomic E-state index is 1.08. The van der Waals surface area contributed by atoms with Crippen LogP contribution in [0.5, 0.6) is 0 Å². The molecule has 0 heteroatoms. The maximum Gasteiger partial charge on any atom is -0.0412 e. The first-order valence-corrected chi connectivity index (χ1v) is 7.38. The smallest absolute Gasteiger partial charge is 0.0412 e. The minimum Gasteiger partial charge on any atom is -0.0651 e. The van der Waals surface area contributed by atoms with Gasteiger partial charge in [0.05, 0.1) is 0 Å². The lowest BCUT2D eigenvalue weighted by molar-refractivity contribution is 0.402. The van der Waals surface area contributed by atoms with E-state index in [0.717, 1.165) is 17.8 Å². The Balaban J connectivity index is 1.54. The van der Waals surface area contributed by atoms with Crippen molar-refractivity contribution in [2.24, 2.45) is 17.8 Å². The molecule has 2 rings (SSSR count). The van der Waals surface area contributed by atoms with Gasteiger partial charge in [0.15, 0.2) is 0 Å². The molecule has 0 N–H and O–H groups in total. The molecule has 0 aliphatic heterocycles.